The van der Waals surface area contributed by atoms with Gasteiger partial charge in [0.25, 0.3) is 0 Å². The maximum absolute atomic E-state index is 12.6. The third-order valence-corrected chi connectivity index (χ3v) is 7.24. The number of imidazole rings is 1. The molecule has 0 spiro atoms. The molecule has 0 bridgehead atoms. The van der Waals surface area contributed by atoms with Gasteiger partial charge in [-0.3, -0.25) is 19.1 Å². The number of benzene rings is 1. The summed E-state index contributed by atoms with van der Waals surface area (Å²) in [5.41, 5.74) is 4.06. The fourth-order valence-corrected chi connectivity index (χ4v) is 4.89. The molecule has 4 heterocycles. The Morgan fingerprint density at radius 2 is 1.88 bits per heavy atom. The van der Waals surface area contributed by atoms with Crippen LogP contribution in [0.15, 0.2) is 55.1 Å². The molecule has 1 aliphatic heterocycles. The lowest BCUT2D eigenvalue weighted by Gasteiger charge is -2.17. The molecule has 0 radical (unpaired) electrons. The molecule has 1 saturated heterocycles. The van der Waals surface area contributed by atoms with Crippen molar-refractivity contribution in [2.75, 3.05) is 19.6 Å². The van der Waals surface area contributed by atoms with Crippen LogP contribution >= 0.6 is 0 Å². The van der Waals surface area contributed by atoms with Gasteiger partial charge in [-0.05, 0) is 31.0 Å². The molecule has 220 valence electrons. The van der Waals surface area contributed by atoms with Gasteiger partial charge >= 0.3 is 6.18 Å². The minimum Gasteiger partial charge on any atom is -0.352 e. The molecule has 42 heavy (non-hydrogen) atoms. The number of halogens is 3. The number of fused-ring (bicyclic) bond motifs is 1. The Hall–Kier alpha value is -4.55. The number of nitrogens with zero attached hydrogens (tertiary/aromatic N) is 6. The zero-order valence-electron chi connectivity index (χ0n) is 23.0. The van der Waals surface area contributed by atoms with E-state index in [1.54, 1.807) is 64.0 Å². The molecular weight excluding hydrogens is 551 g/mol. The smallest absolute Gasteiger partial charge is 0.352 e. The molecule has 13 heteroatoms. The highest BCUT2D eigenvalue weighted by atomic mass is 19.4. The molecule has 1 aromatic carbocycles. The van der Waals surface area contributed by atoms with Crippen LogP contribution in [0.5, 0.6) is 0 Å². The Morgan fingerprint density at radius 3 is 2.64 bits per heavy atom. The molecule has 5 rings (SSSR count). The van der Waals surface area contributed by atoms with E-state index in [0.717, 1.165) is 29.7 Å². The Bertz CT molecular complexity index is 1610. The fourth-order valence-electron chi connectivity index (χ4n) is 4.89. The molecule has 10 nitrogen and oxygen atoms in total. The van der Waals surface area contributed by atoms with Crippen molar-refractivity contribution >= 4 is 23.2 Å². The number of hydrogen-bond acceptors (Lipinski definition) is 6. The average molecular weight is 582 g/mol. The Kier molecular flexibility index (Phi) is 8.36. The van der Waals surface area contributed by atoms with Crippen LogP contribution in [0.3, 0.4) is 0 Å². The largest absolute Gasteiger partial charge is 0.389 e. The van der Waals surface area contributed by atoms with Crippen molar-refractivity contribution in [3.05, 3.63) is 60.7 Å². The summed E-state index contributed by atoms with van der Waals surface area (Å²) in [5.74, 6) is -0.559. The standard InChI is InChI=1S/C29H30F3N7O3/c1-19(28(42)33-9-11-37-10-3-6-27(37)41)38-18-23(16-35-38)22-14-26-34-17-25(39(26)36-15-22)21-5-2-4-20(12-21)13-24(40)7-8-29(30,31)32/h2,4-5,12,14-19H,3,6-11,13H2,1H3,(H,33,42). The van der Waals surface area contributed by atoms with Gasteiger partial charge in [0.05, 0.1) is 30.7 Å². The Balaban J connectivity index is 1.24. The van der Waals surface area contributed by atoms with Crippen LogP contribution in [-0.4, -0.2) is 72.7 Å². The first-order valence-corrected chi connectivity index (χ1v) is 13.7. The lowest BCUT2D eigenvalue weighted by Crippen LogP contribution is -2.38. The lowest BCUT2D eigenvalue weighted by atomic mass is 10.0. The first kappa shape index (κ1) is 29.0. The minimum absolute atomic E-state index is 0.0865. The number of ketones is 1. The zero-order valence-corrected chi connectivity index (χ0v) is 23.0. The van der Waals surface area contributed by atoms with Crippen LogP contribution in [0.4, 0.5) is 13.2 Å². The van der Waals surface area contributed by atoms with E-state index in [1.807, 2.05) is 12.1 Å². The molecule has 4 aromatic rings. The number of Topliss-reactive ketones (excluding diaryl/α,β-unsaturated/α-hetero) is 1. The molecule has 1 fully saturated rings. The SMILES string of the molecule is CC(C(=O)NCCN1CCCC1=O)n1cc(-c2cnn3c(-c4cccc(CC(=O)CCC(F)(F)F)c4)cnc3c2)cn1. The van der Waals surface area contributed by atoms with Crippen molar-refractivity contribution in [3.8, 4) is 22.4 Å². The van der Waals surface area contributed by atoms with E-state index < -0.39 is 30.8 Å². The summed E-state index contributed by atoms with van der Waals surface area (Å²) in [5, 5.41) is 11.7. The van der Waals surface area contributed by atoms with Crippen LogP contribution in [-0.2, 0) is 20.8 Å². The summed E-state index contributed by atoms with van der Waals surface area (Å²) in [6.07, 6.45) is 1.99. The number of likely N-dealkylation sites (tertiary alicyclic amines) is 1. The van der Waals surface area contributed by atoms with Gasteiger partial charge < -0.3 is 10.2 Å². The van der Waals surface area contributed by atoms with E-state index in [4.69, 9.17) is 0 Å². The van der Waals surface area contributed by atoms with Crippen molar-refractivity contribution in [2.24, 2.45) is 0 Å². The van der Waals surface area contributed by atoms with E-state index >= 15 is 0 Å². The van der Waals surface area contributed by atoms with Crippen LogP contribution in [0, 0.1) is 0 Å². The van der Waals surface area contributed by atoms with Gasteiger partial charge in [-0.2, -0.15) is 23.4 Å². The number of amides is 2. The zero-order chi connectivity index (χ0) is 29.9. The van der Waals surface area contributed by atoms with Gasteiger partial charge in [0.1, 0.15) is 11.8 Å². The highest BCUT2D eigenvalue weighted by Gasteiger charge is 2.28. The second-order valence-electron chi connectivity index (χ2n) is 10.3. The normalized spacial score (nSPS) is 14.5. The van der Waals surface area contributed by atoms with E-state index in [9.17, 15) is 27.6 Å². The summed E-state index contributed by atoms with van der Waals surface area (Å²) < 4.78 is 40.6. The highest BCUT2D eigenvalue weighted by molar-refractivity contribution is 5.82. The summed E-state index contributed by atoms with van der Waals surface area (Å²) in [7, 11) is 0. The quantitative estimate of drug-likeness (QED) is 0.286. The van der Waals surface area contributed by atoms with Gasteiger partial charge in [0.15, 0.2) is 5.65 Å². The van der Waals surface area contributed by atoms with Crippen LogP contribution in [0.1, 0.15) is 44.2 Å². The number of alkyl halides is 3. The Morgan fingerprint density at radius 1 is 1.07 bits per heavy atom. The predicted octanol–water partition coefficient (Wildman–Crippen LogP) is 4.01. The van der Waals surface area contributed by atoms with Gasteiger partial charge in [0.2, 0.25) is 11.8 Å². The van der Waals surface area contributed by atoms with Crippen molar-refractivity contribution in [3.63, 3.8) is 0 Å². The summed E-state index contributed by atoms with van der Waals surface area (Å²) in [6, 6.07) is 8.30. The van der Waals surface area contributed by atoms with E-state index in [2.05, 4.69) is 20.5 Å². The summed E-state index contributed by atoms with van der Waals surface area (Å²) in [6.45, 7) is 3.34. The van der Waals surface area contributed by atoms with E-state index in [-0.39, 0.29) is 18.2 Å². The maximum Gasteiger partial charge on any atom is 0.389 e. The van der Waals surface area contributed by atoms with Gasteiger partial charge in [-0.1, -0.05) is 18.2 Å². The topological polar surface area (TPSA) is 114 Å². The van der Waals surface area contributed by atoms with Crippen molar-refractivity contribution in [2.45, 2.75) is 51.2 Å². The van der Waals surface area contributed by atoms with Gasteiger partial charge in [-0.25, -0.2) is 9.50 Å². The molecule has 1 aliphatic rings. The second kappa shape index (κ2) is 12.1. The average Bonchev–Trinajstić information content (AvgIpc) is 3.71. The predicted molar refractivity (Wildman–Crippen MR) is 147 cm³/mol. The molecule has 3 aromatic heterocycles. The van der Waals surface area contributed by atoms with Crippen molar-refractivity contribution in [1.29, 1.82) is 0 Å². The summed E-state index contributed by atoms with van der Waals surface area (Å²) >= 11 is 0. The van der Waals surface area contributed by atoms with Crippen LogP contribution in [0.25, 0.3) is 28.0 Å². The number of hydrogen-bond donors (Lipinski definition) is 1. The van der Waals surface area contributed by atoms with Crippen molar-refractivity contribution in [1.82, 2.24) is 34.6 Å². The fraction of sp³-hybridized carbons (Fsp3) is 0.379. The molecule has 2 amide bonds. The molecule has 1 N–H and O–H groups in total. The van der Waals surface area contributed by atoms with E-state index in [1.165, 1.54) is 0 Å². The van der Waals surface area contributed by atoms with Crippen molar-refractivity contribution < 1.29 is 27.6 Å². The highest BCUT2D eigenvalue weighted by Crippen LogP contribution is 2.26. The van der Waals surface area contributed by atoms with E-state index in [0.29, 0.717) is 36.4 Å². The molecular formula is C29H30F3N7O3. The molecule has 0 saturated carbocycles. The number of carbonyl (C=O) groups is 3. The van der Waals surface area contributed by atoms with Gasteiger partial charge in [0, 0.05) is 61.8 Å². The molecule has 1 unspecified atom stereocenters. The monoisotopic (exact) mass is 581 g/mol. The Labute approximate surface area is 239 Å². The second-order valence-corrected chi connectivity index (χ2v) is 10.3. The van der Waals surface area contributed by atoms with Gasteiger partial charge in [-0.15, -0.1) is 0 Å². The number of nitrogens with one attached hydrogen (secondary N) is 1. The first-order valence-electron chi connectivity index (χ1n) is 13.7. The third kappa shape index (κ3) is 6.84. The molecule has 0 aliphatic carbocycles. The third-order valence-electron chi connectivity index (χ3n) is 7.24. The minimum atomic E-state index is -4.36. The van der Waals surface area contributed by atoms with Crippen LogP contribution < -0.4 is 5.32 Å². The summed E-state index contributed by atoms with van der Waals surface area (Å²) in [4.78, 5) is 42.7. The number of aromatic nitrogens is 5. The number of carbonyl (C=O) groups excluding carboxylic acids is 3. The van der Waals surface area contributed by atoms with Crippen LogP contribution in [0.2, 0.25) is 0 Å². The molecule has 1 atom stereocenters. The number of rotatable bonds is 11. The lowest BCUT2D eigenvalue weighted by molar-refractivity contribution is -0.143. The first-order chi connectivity index (χ1) is 20.1. The maximum atomic E-state index is 12.6.